The predicted octanol–water partition coefficient (Wildman–Crippen LogP) is 3.91. The topological polar surface area (TPSA) is 26.3 Å². The second-order valence-corrected chi connectivity index (χ2v) is 5.80. The van der Waals surface area contributed by atoms with Crippen molar-refractivity contribution in [3.8, 4) is 0 Å². The van der Waals surface area contributed by atoms with E-state index in [4.69, 9.17) is 4.74 Å². The smallest absolute Gasteiger partial charge is 0.338 e. The molecule has 0 aromatic heterocycles. The summed E-state index contributed by atoms with van der Waals surface area (Å²) in [4.78, 5) is 12.0. The van der Waals surface area contributed by atoms with E-state index < -0.39 is 0 Å². The van der Waals surface area contributed by atoms with Gasteiger partial charge in [-0.25, -0.2) is 4.79 Å². The summed E-state index contributed by atoms with van der Waals surface area (Å²) in [6.07, 6.45) is -0.0739. The van der Waals surface area contributed by atoms with Gasteiger partial charge in [-0.05, 0) is 23.5 Å². The minimum atomic E-state index is -0.237. The normalized spacial score (nSPS) is 13.5. The maximum Gasteiger partial charge on any atom is 0.338 e. The van der Waals surface area contributed by atoms with Crippen LogP contribution in [0.1, 0.15) is 45.0 Å². The molecule has 2 nitrogen and oxygen atoms in total. The number of benzene rings is 1. The molecule has 0 saturated heterocycles. The zero-order valence-electron chi connectivity index (χ0n) is 11.4. The SMILES string of the molecule is CC(C)[C@H](OC(=O)c1ccccc1)C(C)(C)C. The highest BCUT2D eigenvalue weighted by Crippen LogP contribution is 2.28. The molecule has 2 heteroatoms. The quantitative estimate of drug-likeness (QED) is 0.741. The number of esters is 1. The van der Waals surface area contributed by atoms with Crippen molar-refractivity contribution in [3.05, 3.63) is 35.9 Å². The van der Waals surface area contributed by atoms with E-state index in [-0.39, 0.29) is 17.5 Å². The van der Waals surface area contributed by atoms with Crippen molar-refractivity contribution in [3.63, 3.8) is 0 Å². The molecule has 0 unspecified atom stereocenters. The first-order valence-corrected chi connectivity index (χ1v) is 6.08. The van der Waals surface area contributed by atoms with Crippen LogP contribution in [0.4, 0.5) is 0 Å². The minimum Gasteiger partial charge on any atom is -0.458 e. The lowest BCUT2D eigenvalue weighted by Crippen LogP contribution is -2.36. The van der Waals surface area contributed by atoms with E-state index in [1.165, 1.54) is 0 Å². The molecular formula is C15H22O2. The molecule has 0 fully saturated rings. The number of carbonyl (C=O) groups excluding carboxylic acids is 1. The summed E-state index contributed by atoms with van der Waals surface area (Å²) in [5, 5.41) is 0. The molecule has 0 bridgehead atoms. The molecule has 0 heterocycles. The Hall–Kier alpha value is -1.31. The molecule has 0 aliphatic heterocycles. The first kappa shape index (κ1) is 13.8. The molecule has 1 aromatic rings. The van der Waals surface area contributed by atoms with Crippen LogP contribution in [0.3, 0.4) is 0 Å². The monoisotopic (exact) mass is 234 g/mol. The molecule has 0 saturated carbocycles. The van der Waals surface area contributed by atoms with E-state index in [2.05, 4.69) is 34.6 Å². The summed E-state index contributed by atoms with van der Waals surface area (Å²) in [7, 11) is 0. The molecule has 1 atom stereocenters. The Bertz CT molecular complexity index is 360. The van der Waals surface area contributed by atoms with Crippen LogP contribution in [0.15, 0.2) is 30.3 Å². The maximum atomic E-state index is 12.0. The van der Waals surface area contributed by atoms with E-state index in [1.807, 2.05) is 18.2 Å². The Labute approximate surface area is 104 Å². The lowest BCUT2D eigenvalue weighted by Gasteiger charge is -2.33. The van der Waals surface area contributed by atoms with Crippen LogP contribution in [-0.2, 0) is 4.74 Å². The Kier molecular flexibility index (Phi) is 4.33. The van der Waals surface area contributed by atoms with Gasteiger partial charge in [0.2, 0.25) is 0 Å². The summed E-state index contributed by atoms with van der Waals surface area (Å²) in [5.41, 5.74) is 0.570. The van der Waals surface area contributed by atoms with E-state index in [0.29, 0.717) is 11.5 Å². The summed E-state index contributed by atoms with van der Waals surface area (Å²) >= 11 is 0. The van der Waals surface area contributed by atoms with Crippen LogP contribution in [-0.4, -0.2) is 12.1 Å². The lowest BCUT2D eigenvalue weighted by atomic mass is 9.82. The van der Waals surface area contributed by atoms with Crippen molar-refractivity contribution >= 4 is 5.97 Å². The second-order valence-electron chi connectivity index (χ2n) is 5.80. The molecule has 17 heavy (non-hydrogen) atoms. The van der Waals surface area contributed by atoms with Crippen molar-refractivity contribution in [2.75, 3.05) is 0 Å². The van der Waals surface area contributed by atoms with Gasteiger partial charge in [-0.2, -0.15) is 0 Å². The zero-order chi connectivity index (χ0) is 13.1. The van der Waals surface area contributed by atoms with E-state index >= 15 is 0 Å². The molecule has 0 aliphatic carbocycles. The van der Waals surface area contributed by atoms with Gasteiger partial charge in [0.15, 0.2) is 0 Å². The van der Waals surface area contributed by atoms with Crippen molar-refractivity contribution in [2.45, 2.75) is 40.7 Å². The van der Waals surface area contributed by atoms with Crippen LogP contribution in [0, 0.1) is 11.3 Å². The first-order valence-electron chi connectivity index (χ1n) is 6.08. The molecule has 0 aliphatic rings. The maximum absolute atomic E-state index is 12.0. The Morgan fingerprint density at radius 3 is 2.06 bits per heavy atom. The van der Waals surface area contributed by atoms with Gasteiger partial charge >= 0.3 is 5.97 Å². The van der Waals surface area contributed by atoms with Gasteiger partial charge in [-0.15, -0.1) is 0 Å². The Balaban J connectivity index is 2.79. The van der Waals surface area contributed by atoms with Crippen LogP contribution in [0.5, 0.6) is 0 Å². The van der Waals surface area contributed by atoms with Crippen LogP contribution >= 0.6 is 0 Å². The molecule has 0 amide bonds. The molecular weight excluding hydrogens is 212 g/mol. The predicted molar refractivity (Wildman–Crippen MR) is 69.9 cm³/mol. The highest BCUT2D eigenvalue weighted by atomic mass is 16.5. The van der Waals surface area contributed by atoms with Crippen molar-refractivity contribution in [1.82, 2.24) is 0 Å². The van der Waals surface area contributed by atoms with Gasteiger partial charge in [0.1, 0.15) is 6.10 Å². The Morgan fingerprint density at radius 1 is 1.12 bits per heavy atom. The fourth-order valence-corrected chi connectivity index (χ4v) is 2.07. The summed E-state index contributed by atoms with van der Waals surface area (Å²) in [5.74, 6) is 0.0712. The number of ether oxygens (including phenoxy) is 1. The molecule has 0 radical (unpaired) electrons. The van der Waals surface area contributed by atoms with E-state index in [0.717, 1.165) is 0 Å². The third kappa shape index (κ3) is 3.88. The van der Waals surface area contributed by atoms with Gasteiger partial charge in [0.05, 0.1) is 5.56 Å². The van der Waals surface area contributed by atoms with Crippen LogP contribution in [0.25, 0.3) is 0 Å². The molecule has 0 spiro atoms. The van der Waals surface area contributed by atoms with E-state index in [9.17, 15) is 4.79 Å². The number of carbonyl (C=O) groups is 1. The number of rotatable bonds is 3. The highest BCUT2D eigenvalue weighted by Gasteiger charge is 2.31. The fourth-order valence-electron chi connectivity index (χ4n) is 2.07. The van der Waals surface area contributed by atoms with Crippen molar-refractivity contribution in [1.29, 1.82) is 0 Å². The van der Waals surface area contributed by atoms with Crippen molar-refractivity contribution in [2.24, 2.45) is 11.3 Å². The van der Waals surface area contributed by atoms with Gasteiger partial charge in [-0.3, -0.25) is 0 Å². The molecule has 1 rings (SSSR count). The molecule has 0 N–H and O–H groups in total. The fraction of sp³-hybridized carbons (Fsp3) is 0.533. The number of hydrogen-bond donors (Lipinski definition) is 0. The van der Waals surface area contributed by atoms with Gasteiger partial charge < -0.3 is 4.74 Å². The van der Waals surface area contributed by atoms with E-state index in [1.54, 1.807) is 12.1 Å². The summed E-state index contributed by atoms with van der Waals surface area (Å²) in [6.45, 7) is 10.4. The largest absolute Gasteiger partial charge is 0.458 e. The highest BCUT2D eigenvalue weighted by molar-refractivity contribution is 5.89. The average Bonchev–Trinajstić information content (AvgIpc) is 2.24. The first-order chi connectivity index (χ1) is 7.82. The average molecular weight is 234 g/mol. The number of hydrogen-bond acceptors (Lipinski definition) is 2. The second kappa shape index (κ2) is 5.35. The van der Waals surface area contributed by atoms with Crippen LogP contribution < -0.4 is 0 Å². The Morgan fingerprint density at radius 2 is 1.65 bits per heavy atom. The third-order valence-corrected chi connectivity index (χ3v) is 2.70. The van der Waals surface area contributed by atoms with Crippen LogP contribution in [0.2, 0.25) is 0 Å². The molecule has 1 aromatic carbocycles. The van der Waals surface area contributed by atoms with Crippen molar-refractivity contribution < 1.29 is 9.53 Å². The zero-order valence-corrected chi connectivity index (χ0v) is 11.4. The standard InChI is InChI=1S/C15H22O2/c1-11(2)13(15(3,4)5)17-14(16)12-9-7-6-8-10-12/h6-11,13H,1-5H3/t13-/m0/s1. The van der Waals surface area contributed by atoms with Gasteiger partial charge in [-0.1, -0.05) is 52.8 Å². The third-order valence-electron chi connectivity index (χ3n) is 2.70. The van der Waals surface area contributed by atoms with Gasteiger partial charge in [0.25, 0.3) is 0 Å². The summed E-state index contributed by atoms with van der Waals surface area (Å²) in [6, 6.07) is 9.14. The van der Waals surface area contributed by atoms with Gasteiger partial charge in [0, 0.05) is 0 Å². The lowest BCUT2D eigenvalue weighted by molar-refractivity contribution is -0.0222. The molecule has 94 valence electrons. The summed E-state index contributed by atoms with van der Waals surface area (Å²) < 4.78 is 5.62. The minimum absolute atomic E-state index is 0.0430.